The highest BCUT2D eigenvalue weighted by molar-refractivity contribution is 7.80. The van der Waals surface area contributed by atoms with Crippen LogP contribution >= 0.6 is 12.2 Å². The molecule has 1 aromatic carbocycles. The van der Waals surface area contributed by atoms with Crippen molar-refractivity contribution in [3.8, 4) is 0 Å². The van der Waals surface area contributed by atoms with Gasteiger partial charge in [-0.1, -0.05) is 50.3 Å². The largest absolute Gasteiger partial charge is 0.481 e. The first-order valence-electron chi connectivity index (χ1n) is 7.17. The Balaban J connectivity index is 2.81. The molecule has 0 bridgehead atoms. The van der Waals surface area contributed by atoms with Gasteiger partial charge in [0.2, 0.25) is 0 Å². The van der Waals surface area contributed by atoms with Gasteiger partial charge in [0.05, 0.1) is 11.4 Å². The lowest BCUT2D eigenvalue weighted by Gasteiger charge is -2.25. The zero-order valence-corrected chi connectivity index (χ0v) is 13.5. The van der Waals surface area contributed by atoms with Gasteiger partial charge in [-0.3, -0.25) is 9.69 Å². The van der Waals surface area contributed by atoms with Gasteiger partial charge < -0.3 is 10.8 Å². The summed E-state index contributed by atoms with van der Waals surface area (Å²) in [6, 6.07) is 7.70. The van der Waals surface area contributed by atoms with Gasteiger partial charge in [-0.2, -0.15) is 0 Å². The second-order valence-electron chi connectivity index (χ2n) is 5.68. The van der Waals surface area contributed by atoms with Crippen molar-refractivity contribution in [1.82, 2.24) is 4.90 Å². The predicted octanol–water partition coefficient (Wildman–Crippen LogP) is 2.45. The number of benzene rings is 1. The van der Waals surface area contributed by atoms with Crippen LogP contribution in [0.5, 0.6) is 0 Å². The second kappa shape index (κ2) is 8.74. The molecule has 0 spiro atoms. The van der Waals surface area contributed by atoms with Crippen LogP contribution < -0.4 is 5.73 Å². The van der Waals surface area contributed by atoms with Gasteiger partial charge in [0.25, 0.3) is 0 Å². The second-order valence-corrected chi connectivity index (χ2v) is 6.21. The zero-order chi connectivity index (χ0) is 15.8. The van der Waals surface area contributed by atoms with Crippen molar-refractivity contribution in [2.75, 3.05) is 13.1 Å². The summed E-state index contributed by atoms with van der Waals surface area (Å²) >= 11 is 4.95. The molecule has 4 nitrogen and oxygen atoms in total. The summed E-state index contributed by atoms with van der Waals surface area (Å²) in [6.07, 6.45) is 0.740. The molecule has 0 fully saturated rings. The number of carboxylic acid groups (broad SMARTS) is 1. The number of nitrogens with zero attached hydrogens (tertiary/aromatic N) is 1. The molecule has 0 aromatic heterocycles. The number of carboxylic acids is 1. The fourth-order valence-electron chi connectivity index (χ4n) is 2.31. The van der Waals surface area contributed by atoms with Crippen LogP contribution in [0, 0.1) is 5.92 Å². The molecule has 0 saturated carbocycles. The molecule has 116 valence electrons. The quantitative estimate of drug-likeness (QED) is 0.686. The minimum atomic E-state index is -0.805. The maximum absolute atomic E-state index is 11.0. The van der Waals surface area contributed by atoms with Crippen LogP contribution in [0.2, 0.25) is 0 Å². The molecule has 0 unspecified atom stereocenters. The highest BCUT2D eigenvalue weighted by Crippen LogP contribution is 2.14. The molecule has 1 rings (SSSR count). The maximum Gasteiger partial charge on any atom is 0.307 e. The van der Waals surface area contributed by atoms with Crippen LogP contribution in [0.1, 0.15) is 31.4 Å². The molecule has 0 atom stereocenters. The number of hydrogen-bond acceptors (Lipinski definition) is 3. The first-order valence-corrected chi connectivity index (χ1v) is 7.58. The minimum Gasteiger partial charge on any atom is -0.481 e. The Morgan fingerprint density at radius 1 is 1.33 bits per heavy atom. The zero-order valence-electron chi connectivity index (χ0n) is 12.7. The molecule has 0 heterocycles. The van der Waals surface area contributed by atoms with E-state index in [1.807, 2.05) is 24.3 Å². The first kappa shape index (κ1) is 17.6. The summed E-state index contributed by atoms with van der Waals surface area (Å²) < 4.78 is 0. The number of hydrogen-bond donors (Lipinski definition) is 2. The van der Waals surface area contributed by atoms with Crippen molar-refractivity contribution in [3.05, 3.63) is 35.4 Å². The number of rotatable bonds is 9. The van der Waals surface area contributed by atoms with Gasteiger partial charge in [-0.15, -0.1) is 0 Å². The van der Waals surface area contributed by atoms with E-state index in [1.165, 1.54) is 0 Å². The van der Waals surface area contributed by atoms with Gasteiger partial charge in [0, 0.05) is 26.1 Å². The van der Waals surface area contributed by atoms with Crippen molar-refractivity contribution in [2.24, 2.45) is 11.7 Å². The molecule has 0 aliphatic rings. The Labute approximate surface area is 131 Å². The van der Waals surface area contributed by atoms with Gasteiger partial charge >= 0.3 is 5.97 Å². The summed E-state index contributed by atoms with van der Waals surface area (Å²) in [5.74, 6) is -0.274. The monoisotopic (exact) mass is 308 g/mol. The predicted molar refractivity (Wildman–Crippen MR) is 89.3 cm³/mol. The van der Waals surface area contributed by atoms with Crippen LogP contribution in [-0.2, 0) is 17.8 Å². The Bertz CT molecular complexity index is 489. The SMILES string of the molecule is CC(C)CN(CCC(N)=S)Cc1ccccc1CC(=O)O. The van der Waals surface area contributed by atoms with E-state index in [4.69, 9.17) is 23.1 Å². The van der Waals surface area contributed by atoms with Crippen molar-refractivity contribution in [2.45, 2.75) is 33.2 Å². The molecular weight excluding hydrogens is 284 g/mol. The summed E-state index contributed by atoms with van der Waals surface area (Å²) in [4.78, 5) is 13.8. The molecule has 0 aliphatic heterocycles. The van der Waals surface area contributed by atoms with Crippen molar-refractivity contribution < 1.29 is 9.90 Å². The van der Waals surface area contributed by atoms with Crippen LogP contribution in [-0.4, -0.2) is 34.1 Å². The summed E-state index contributed by atoms with van der Waals surface area (Å²) in [6.45, 7) is 6.79. The molecule has 0 aliphatic carbocycles. The van der Waals surface area contributed by atoms with E-state index >= 15 is 0 Å². The standard InChI is InChI=1S/C16H24N2O2S/c1-12(2)10-18(8-7-15(17)21)11-14-6-4-3-5-13(14)9-16(19)20/h3-6,12H,7-11H2,1-2H3,(H2,17,21)(H,19,20). The van der Waals surface area contributed by atoms with E-state index in [-0.39, 0.29) is 6.42 Å². The number of aliphatic carboxylic acids is 1. The van der Waals surface area contributed by atoms with Crippen molar-refractivity contribution >= 4 is 23.2 Å². The Morgan fingerprint density at radius 3 is 2.48 bits per heavy atom. The van der Waals surface area contributed by atoms with E-state index in [0.29, 0.717) is 17.3 Å². The molecule has 0 saturated heterocycles. The normalized spacial score (nSPS) is 11.0. The smallest absolute Gasteiger partial charge is 0.307 e. The Kier molecular flexibility index (Phi) is 7.32. The van der Waals surface area contributed by atoms with E-state index in [1.54, 1.807) is 0 Å². The lowest BCUT2D eigenvalue weighted by Crippen LogP contribution is -2.31. The average molecular weight is 308 g/mol. The third-order valence-electron chi connectivity index (χ3n) is 3.15. The van der Waals surface area contributed by atoms with E-state index in [2.05, 4.69) is 18.7 Å². The van der Waals surface area contributed by atoms with Crippen molar-refractivity contribution in [3.63, 3.8) is 0 Å². The summed E-state index contributed by atoms with van der Waals surface area (Å²) in [7, 11) is 0. The molecule has 3 N–H and O–H groups in total. The first-order chi connectivity index (χ1) is 9.88. The number of carbonyl (C=O) groups is 1. The molecule has 0 radical (unpaired) electrons. The number of nitrogens with two attached hydrogens (primary N) is 1. The molecule has 0 amide bonds. The Morgan fingerprint density at radius 2 is 1.95 bits per heavy atom. The van der Waals surface area contributed by atoms with Gasteiger partial charge in [0.1, 0.15) is 0 Å². The highest BCUT2D eigenvalue weighted by atomic mass is 32.1. The topological polar surface area (TPSA) is 66.6 Å². The Hall–Kier alpha value is -1.46. The molecular formula is C16H24N2O2S. The fraction of sp³-hybridized carbons (Fsp3) is 0.500. The minimum absolute atomic E-state index is 0.0565. The molecule has 1 aromatic rings. The van der Waals surface area contributed by atoms with Crippen LogP contribution in [0.4, 0.5) is 0 Å². The van der Waals surface area contributed by atoms with Crippen LogP contribution in [0.15, 0.2) is 24.3 Å². The van der Waals surface area contributed by atoms with E-state index in [0.717, 1.165) is 30.8 Å². The van der Waals surface area contributed by atoms with Gasteiger partial charge in [-0.05, 0) is 17.0 Å². The van der Waals surface area contributed by atoms with Crippen LogP contribution in [0.25, 0.3) is 0 Å². The fourth-order valence-corrected chi connectivity index (χ4v) is 2.40. The number of thiocarbonyl (C=S) groups is 1. The van der Waals surface area contributed by atoms with Gasteiger partial charge in [0.15, 0.2) is 0 Å². The summed E-state index contributed by atoms with van der Waals surface area (Å²) in [5.41, 5.74) is 7.52. The van der Waals surface area contributed by atoms with Gasteiger partial charge in [-0.25, -0.2) is 0 Å². The maximum atomic E-state index is 11.0. The third kappa shape index (κ3) is 7.20. The lowest BCUT2D eigenvalue weighted by molar-refractivity contribution is -0.136. The molecule has 21 heavy (non-hydrogen) atoms. The van der Waals surface area contributed by atoms with Crippen LogP contribution in [0.3, 0.4) is 0 Å². The van der Waals surface area contributed by atoms with E-state index < -0.39 is 5.97 Å². The highest BCUT2D eigenvalue weighted by Gasteiger charge is 2.12. The van der Waals surface area contributed by atoms with Crippen molar-refractivity contribution in [1.29, 1.82) is 0 Å². The third-order valence-corrected chi connectivity index (χ3v) is 3.36. The summed E-state index contributed by atoms with van der Waals surface area (Å²) in [5, 5.41) is 9.00. The molecule has 5 heteroatoms. The van der Waals surface area contributed by atoms with E-state index in [9.17, 15) is 4.79 Å². The average Bonchev–Trinajstić information content (AvgIpc) is 2.37. The lowest BCUT2D eigenvalue weighted by atomic mass is 10.0.